The number of hydrogen-bond donors (Lipinski definition) is 1. The summed E-state index contributed by atoms with van der Waals surface area (Å²) < 4.78 is 0.938. The Labute approximate surface area is 126 Å². The van der Waals surface area contributed by atoms with E-state index in [0.717, 1.165) is 16.5 Å². The van der Waals surface area contributed by atoms with Gasteiger partial charge in [-0.2, -0.15) is 5.10 Å². The average Bonchev–Trinajstić information content (AvgIpc) is 2.48. The molecule has 0 unspecified atom stereocenters. The van der Waals surface area contributed by atoms with Crippen LogP contribution in [-0.2, 0) is 6.42 Å². The van der Waals surface area contributed by atoms with Crippen LogP contribution in [0, 0.1) is 0 Å². The number of carbonyl (C=O) groups is 1. The highest BCUT2D eigenvalue weighted by Crippen LogP contribution is 2.10. The molecule has 0 aliphatic heterocycles. The third-order valence-corrected chi connectivity index (χ3v) is 3.40. The van der Waals surface area contributed by atoms with Crippen LogP contribution in [0.15, 0.2) is 58.1 Å². The molecule has 0 saturated heterocycles. The van der Waals surface area contributed by atoms with Crippen molar-refractivity contribution in [1.29, 1.82) is 0 Å². The van der Waals surface area contributed by atoms with Crippen LogP contribution in [0.3, 0.4) is 0 Å². The minimum atomic E-state index is -0.223. The molecule has 0 fully saturated rings. The summed E-state index contributed by atoms with van der Waals surface area (Å²) in [5, 5.41) is 3.96. The number of halogens is 1. The molecule has 0 radical (unpaired) electrons. The van der Waals surface area contributed by atoms with Crippen LogP contribution in [0.1, 0.15) is 28.4 Å². The zero-order valence-corrected chi connectivity index (χ0v) is 12.7. The fourth-order valence-corrected chi connectivity index (χ4v) is 1.93. The van der Waals surface area contributed by atoms with Crippen molar-refractivity contribution in [3.8, 4) is 0 Å². The van der Waals surface area contributed by atoms with Gasteiger partial charge in [-0.1, -0.05) is 47.1 Å². The highest BCUT2D eigenvalue weighted by molar-refractivity contribution is 9.10. The molecule has 0 aromatic heterocycles. The first-order chi connectivity index (χ1) is 9.69. The van der Waals surface area contributed by atoms with Crippen molar-refractivity contribution in [3.05, 3.63) is 69.7 Å². The molecule has 102 valence electrons. The molecule has 0 spiro atoms. The molecule has 1 amide bonds. The van der Waals surface area contributed by atoms with Gasteiger partial charge in [0.15, 0.2) is 0 Å². The van der Waals surface area contributed by atoms with E-state index < -0.39 is 0 Å². The van der Waals surface area contributed by atoms with Crippen LogP contribution in [-0.4, -0.2) is 12.1 Å². The number of nitrogens with one attached hydrogen (secondary N) is 1. The molecule has 1 N–H and O–H groups in total. The zero-order chi connectivity index (χ0) is 14.4. The Hall–Kier alpha value is -1.94. The standard InChI is InChI=1S/C16H15BrN2O/c1-2-12-3-5-13(6-4-12)11-18-19-16(20)14-7-9-15(17)10-8-14/h3-11H,2H2,1H3,(H,19,20)/b18-11+. The second-order valence-electron chi connectivity index (χ2n) is 4.30. The molecule has 20 heavy (non-hydrogen) atoms. The van der Waals surface area contributed by atoms with E-state index in [0.29, 0.717) is 5.56 Å². The maximum Gasteiger partial charge on any atom is 0.271 e. The summed E-state index contributed by atoms with van der Waals surface area (Å²) in [6.45, 7) is 2.11. The lowest BCUT2D eigenvalue weighted by Gasteiger charge is -2.00. The first-order valence-electron chi connectivity index (χ1n) is 6.37. The zero-order valence-electron chi connectivity index (χ0n) is 11.1. The van der Waals surface area contributed by atoms with E-state index in [1.54, 1.807) is 18.3 Å². The van der Waals surface area contributed by atoms with Crippen molar-refractivity contribution >= 4 is 28.1 Å². The number of carbonyl (C=O) groups excluding carboxylic acids is 1. The van der Waals surface area contributed by atoms with Crippen molar-refractivity contribution in [1.82, 2.24) is 5.43 Å². The number of benzene rings is 2. The smallest absolute Gasteiger partial charge is 0.267 e. The molecule has 0 aliphatic carbocycles. The normalized spacial score (nSPS) is 10.7. The van der Waals surface area contributed by atoms with E-state index in [-0.39, 0.29) is 5.91 Å². The number of amides is 1. The Kier molecular flexibility index (Phi) is 5.07. The molecular formula is C16H15BrN2O. The molecule has 0 atom stereocenters. The van der Waals surface area contributed by atoms with Crippen molar-refractivity contribution in [2.24, 2.45) is 5.10 Å². The molecule has 2 aromatic carbocycles. The van der Waals surface area contributed by atoms with E-state index in [1.165, 1.54) is 5.56 Å². The maximum absolute atomic E-state index is 11.8. The van der Waals surface area contributed by atoms with Crippen molar-refractivity contribution in [2.45, 2.75) is 13.3 Å². The molecule has 2 rings (SSSR count). The molecular weight excluding hydrogens is 316 g/mol. The van der Waals surface area contributed by atoms with Crippen LogP contribution < -0.4 is 5.43 Å². The molecule has 4 heteroatoms. The summed E-state index contributed by atoms with van der Waals surface area (Å²) in [4.78, 5) is 11.8. The summed E-state index contributed by atoms with van der Waals surface area (Å²) in [6, 6.07) is 15.2. The minimum absolute atomic E-state index is 0.223. The van der Waals surface area contributed by atoms with Crippen molar-refractivity contribution < 1.29 is 4.79 Å². The van der Waals surface area contributed by atoms with Crippen LogP contribution >= 0.6 is 15.9 Å². The van der Waals surface area contributed by atoms with E-state index in [9.17, 15) is 4.79 Å². The number of hydrazone groups is 1. The van der Waals surface area contributed by atoms with E-state index >= 15 is 0 Å². The second kappa shape index (κ2) is 7.01. The summed E-state index contributed by atoms with van der Waals surface area (Å²) in [5.41, 5.74) is 5.32. The minimum Gasteiger partial charge on any atom is -0.267 e. The lowest BCUT2D eigenvalue weighted by Crippen LogP contribution is -2.17. The van der Waals surface area contributed by atoms with Gasteiger partial charge in [0.1, 0.15) is 0 Å². The lowest BCUT2D eigenvalue weighted by molar-refractivity contribution is 0.0955. The van der Waals surface area contributed by atoms with Gasteiger partial charge in [-0.3, -0.25) is 4.79 Å². The predicted octanol–water partition coefficient (Wildman–Crippen LogP) is 3.78. The average molecular weight is 331 g/mol. The molecule has 0 aliphatic rings. The monoisotopic (exact) mass is 330 g/mol. The van der Waals surface area contributed by atoms with Crippen LogP contribution in [0.25, 0.3) is 0 Å². The van der Waals surface area contributed by atoms with Gasteiger partial charge in [0, 0.05) is 10.0 Å². The van der Waals surface area contributed by atoms with Gasteiger partial charge in [0.05, 0.1) is 6.21 Å². The van der Waals surface area contributed by atoms with Crippen molar-refractivity contribution in [3.63, 3.8) is 0 Å². The summed E-state index contributed by atoms with van der Waals surface area (Å²) in [6.07, 6.45) is 2.65. The first-order valence-corrected chi connectivity index (χ1v) is 7.16. The van der Waals surface area contributed by atoms with E-state index in [1.807, 2.05) is 24.3 Å². The van der Waals surface area contributed by atoms with Crippen LogP contribution in [0.4, 0.5) is 0 Å². The largest absolute Gasteiger partial charge is 0.271 e. The maximum atomic E-state index is 11.8. The fraction of sp³-hybridized carbons (Fsp3) is 0.125. The Morgan fingerprint density at radius 1 is 1.15 bits per heavy atom. The number of hydrogen-bond acceptors (Lipinski definition) is 2. The second-order valence-corrected chi connectivity index (χ2v) is 5.22. The number of nitrogens with zero attached hydrogens (tertiary/aromatic N) is 1. The Morgan fingerprint density at radius 2 is 1.80 bits per heavy atom. The SMILES string of the molecule is CCc1ccc(/C=N/NC(=O)c2ccc(Br)cc2)cc1. The van der Waals surface area contributed by atoms with Gasteiger partial charge in [0.25, 0.3) is 5.91 Å². The van der Waals surface area contributed by atoms with E-state index in [4.69, 9.17) is 0 Å². The van der Waals surface area contributed by atoms with E-state index in [2.05, 4.69) is 45.5 Å². The first kappa shape index (κ1) is 14.5. The predicted molar refractivity (Wildman–Crippen MR) is 85.0 cm³/mol. The van der Waals surface area contributed by atoms with Crippen LogP contribution in [0.5, 0.6) is 0 Å². The van der Waals surface area contributed by atoms with Gasteiger partial charge in [-0.25, -0.2) is 5.43 Å². The molecule has 3 nitrogen and oxygen atoms in total. The highest BCUT2D eigenvalue weighted by atomic mass is 79.9. The van der Waals surface area contributed by atoms with Crippen molar-refractivity contribution in [2.75, 3.05) is 0 Å². The summed E-state index contributed by atoms with van der Waals surface area (Å²) in [7, 11) is 0. The van der Waals surface area contributed by atoms with Gasteiger partial charge >= 0.3 is 0 Å². The topological polar surface area (TPSA) is 41.5 Å². The third-order valence-electron chi connectivity index (χ3n) is 2.87. The molecule has 0 saturated carbocycles. The summed E-state index contributed by atoms with van der Waals surface area (Å²) in [5.74, 6) is -0.223. The Bertz CT molecular complexity index is 603. The Balaban J connectivity index is 1.95. The number of aryl methyl sites for hydroxylation is 1. The van der Waals surface area contributed by atoms with Gasteiger partial charge in [0.2, 0.25) is 0 Å². The molecule has 0 heterocycles. The van der Waals surface area contributed by atoms with Gasteiger partial charge in [-0.15, -0.1) is 0 Å². The quantitative estimate of drug-likeness (QED) is 0.672. The third kappa shape index (κ3) is 4.03. The van der Waals surface area contributed by atoms with Gasteiger partial charge < -0.3 is 0 Å². The molecule has 0 bridgehead atoms. The van der Waals surface area contributed by atoms with Crippen LogP contribution in [0.2, 0.25) is 0 Å². The Morgan fingerprint density at radius 3 is 2.40 bits per heavy atom. The lowest BCUT2D eigenvalue weighted by atomic mass is 10.1. The molecule has 2 aromatic rings. The highest BCUT2D eigenvalue weighted by Gasteiger charge is 2.02. The number of rotatable bonds is 4. The van der Waals surface area contributed by atoms with Gasteiger partial charge in [-0.05, 0) is 41.8 Å². The summed E-state index contributed by atoms with van der Waals surface area (Å²) >= 11 is 3.33. The fourth-order valence-electron chi connectivity index (χ4n) is 1.67.